The summed E-state index contributed by atoms with van der Waals surface area (Å²) in [7, 11) is 1.81. The molecule has 174 valence electrons. The molecule has 2 unspecified atom stereocenters. The number of aromatic nitrogens is 5. The summed E-state index contributed by atoms with van der Waals surface area (Å²) in [5.41, 5.74) is 2.15. The Kier molecular flexibility index (Phi) is 6.26. The lowest BCUT2D eigenvalue weighted by molar-refractivity contribution is -0.134. The van der Waals surface area contributed by atoms with E-state index < -0.39 is 17.3 Å². The first kappa shape index (κ1) is 22.6. The maximum Gasteiger partial charge on any atom is 0.339 e. The minimum atomic E-state index is -1.35. The summed E-state index contributed by atoms with van der Waals surface area (Å²) in [6.07, 6.45) is 5.55. The number of benzene rings is 1. The van der Waals surface area contributed by atoms with Crippen molar-refractivity contribution in [3.63, 3.8) is 0 Å². The number of nitrogens with zero attached hydrogens (tertiary/aromatic N) is 6. The molecule has 33 heavy (non-hydrogen) atoms. The van der Waals surface area contributed by atoms with E-state index in [1.807, 2.05) is 31.8 Å². The predicted octanol–water partition coefficient (Wildman–Crippen LogP) is 3.31. The standard InChI is InChI=1S/C23H27FN6O3/c1-4-29-14(2)16(11-25-29)12-28(3)22(31)15-8-9-17(10-15)30-13-20(26-27-30)18-6-5-7-19(24)21(18)23(32)33/h5-7,11,13,15,17H,4,8-10,12H2,1-3H3,(H,32,33). The molecule has 2 atom stereocenters. The van der Waals surface area contributed by atoms with Crippen molar-refractivity contribution in [3.8, 4) is 11.3 Å². The molecular weight excluding hydrogens is 427 g/mol. The Morgan fingerprint density at radius 2 is 2.09 bits per heavy atom. The molecular formula is C23H27FN6O3. The van der Waals surface area contributed by atoms with E-state index in [0.717, 1.165) is 36.7 Å². The van der Waals surface area contributed by atoms with Gasteiger partial charge >= 0.3 is 5.97 Å². The molecule has 1 saturated carbocycles. The number of aromatic carboxylic acids is 1. The van der Waals surface area contributed by atoms with Crippen molar-refractivity contribution < 1.29 is 19.1 Å². The van der Waals surface area contributed by atoms with Gasteiger partial charge < -0.3 is 10.0 Å². The molecule has 2 heterocycles. The molecule has 0 spiro atoms. The van der Waals surface area contributed by atoms with Crippen LogP contribution in [0.4, 0.5) is 4.39 Å². The molecule has 1 aromatic carbocycles. The van der Waals surface area contributed by atoms with Gasteiger partial charge in [0.25, 0.3) is 0 Å². The van der Waals surface area contributed by atoms with Gasteiger partial charge in [0.1, 0.15) is 17.1 Å². The molecule has 2 aromatic heterocycles. The van der Waals surface area contributed by atoms with Crippen LogP contribution >= 0.6 is 0 Å². The van der Waals surface area contributed by atoms with Gasteiger partial charge in [0.2, 0.25) is 5.91 Å². The van der Waals surface area contributed by atoms with Gasteiger partial charge in [0.05, 0.1) is 18.4 Å². The van der Waals surface area contributed by atoms with Crippen LogP contribution in [0.25, 0.3) is 11.3 Å². The molecule has 4 rings (SSSR count). The largest absolute Gasteiger partial charge is 0.478 e. The molecule has 10 heteroatoms. The van der Waals surface area contributed by atoms with Crippen molar-refractivity contribution in [3.05, 3.63) is 53.2 Å². The third-order valence-electron chi connectivity index (χ3n) is 6.43. The average molecular weight is 455 g/mol. The zero-order valence-corrected chi connectivity index (χ0v) is 18.9. The number of carboxylic acids is 1. The summed E-state index contributed by atoms with van der Waals surface area (Å²) in [4.78, 5) is 26.3. The number of hydrogen-bond donors (Lipinski definition) is 1. The second-order valence-electron chi connectivity index (χ2n) is 8.48. The number of amides is 1. The third-order valence-corrected chi connectivity index (χ3v) is 6.43. The van der Waals surface area contributed by atoms with Gasteiger partial charge in [-0.3, -0.25) is 9.48 Å². The lowest BCUT2D eigenvalue weighted by Crippen LogP contribution is -2.31. The van der Waals surface area contributed by atoms with Crippen LogP contribution in [0.5, 0.6) is 0 Å². The predicted molar refractivity (Wildman–Crippen MR) is 118 cm³/mol. The van der Waals surface area contributed by atoms with E-state index in [4.69, 9.17) is 0 Å². The van der Waals surface area contributed by atoms with E-state index in [0.29, 0.717) is 18.7 Å². The maximum absolute atomic E-state index is 14.0. The summed E-state index contributed by atoms with van der Waals surface area (Å²) in [6.45, 7) is 5.34. The summed E-state index contributed by atoms with van der Waals surface area (Å²) < 4.78 is 17.6. The van der Waals surface area contributed by atoms with Crippen molar-refractivity contribution in [1.82, 2.24) is 29.7 Å². The molecule has 1 fully saturated rings. The number of carbonyl (C=O) groups is 2. The second-order valence-corrected chi connectivity index (χ2v) is 8.48. The summed E-state index contributed by atoms with van der Waals surface area (Å²) in [5.74, 6) is -2.21. The normalized spacial score (nSPS) is 17.9. The van der Waals surface area contributed by atoms with Crippen molar-refractivity contribution >= 4 is 11.9 Å². The van der Waals surface area contributed by atoms with Crippen LogP contribution in [0.3, 0.4) is 0 Å². The molecule has 0 saturated heterocycles. The Balaban J connectivity index is 1.44. The minimum absolute atomic E-state index is 0.0278. The van der Waals surface area contributed by atoms with Crippen molar-refractivity contribution in [2.45, 2.75) is 52.2 Å². The first-order valence-corrected chi connectivity index (χ1v) is 11.0. The van der Waals surface area contributed by atoms with Crippen LogP contribution in [0, 0.1) is 18.7 Å². The highest BCUT2D eigenvalue weighted by molar-refractivity contribution is 5.95. The van der Waals surface area contributed by atoms with E-state index in [2.05, 4.69) is 15.4 Å². The first-order chi connectivity index (χ1) is 15.8. The van der Waals surface area contributed by atoms with Gasteiger partial charge in [-0.2, -0.15) is 5.10 Å². The quantitative estimate of drug-likeness (QED) is 0.587. The zero-order chi connectivity index (χ0) is 23.7. The fraction of sp³-hybridized carbons (Fsp3) is 0.435. The van der Waals surface area contributed by atoms with Crippen LogP contribution in [-0.2, 0) is 17.9 Å². The van der Waals surface area contributed by atoms with Crippen LogP contribution in [0.1, 0.15) is 53.8 Å². The first-order valence-electron chi connectivity index (χ1n) is 11.0. The highest BCUT2D eigenvalue weighted by Gasteiger charge is 2.33. The Morgan fingerprint density at radius 1 is 1.30 bits per heavy atom. The van der Waals surface area contributed by atoms with Crippen LogP contribution in [-0.4, -0.2) is 53.7 Å². The smallest absolute Gasteiger partial charge is 0.339 e. The average Bonchev–Trinajstić information content (AvgIpc) is 3.53. The minimum Gasteiger partial charge on any atom is -0.478 e. The lowest BCUT2D eigenvalue weighted by atomic mass is 10.0. The maximum atomic E-state index is 14.0. The van der Waals surface area contributed by atoms with Gasteiger partial charge in [-0.05, 0) is 39.2 Å². The molecule has 0 bridgehead atoms. The SMILES string of the molecule is CCn1ncc(CN(C)C(=O)C2CCC(n3cc(-c4cccc(F)c4C(=O)O)nn3)C2)c1C. The Morgan fingerprint density at radius 3 is 2.79 bits per heavy atom. The number of carbonyl (C=O) groups excluding carboxylic acids is 1. The van der Waals surface area contributed by atoms with Gasteiger partial charge in [-0.1, -0.05) is 17.3 Å². The number of rotatable bonds is 7. The van der Waals surface area contributed by atoms with Gasteiger partial charge in [-0.15, -0.1) is 5.10 Å². The van der Waals surface area contributed by atoms with Crippen LogP contribution < -0.4 is 0 Å². The van der Waals surface area contributed by atoms with E-state index in [1.165, 1.54) is 12.1 Å². The molecule has 1 aliphatic rings. The molecule has 0 aliphatic heterocycles. The zero-order valence-electron chi connectivity index (χ0n) is 18.9. The molecule has 9 nitrogen and oxygen atoms in total. The highest BCUT2D eigenvalue weighted by atomic mass is 19.1. The summed E-state index contributed by atoms with van der Waals surface area (Å²) in [5, 5.41) is 21.9. The van der Waals surface area contributed by atoms with Crippen molar-refractivity contribution in [2.24, 2.45) is 5.92 Å². The van der Waals surface area contributed by atoms with Crippen molar-refractivity contribution in [1.29, 1.82) is 0 Å². The highest BCUT2D eigenvalue weighted by Crippen LogP contribution is 2.36. The van der Waals surface area contributed by atoms with Crippen LogP contribution in [0.2, 0.25) is 0 Å². The van der Waals surface area contributed by atoms with E-state index in [1.54, 1.807) is 15.8 Å². The van der Waals surface area contributed by atoms with E-state index in [9.17, 15) is 19.1 Å². The van der Waals surface area contributed by atoms with E-state index >= 15 is 0 Å². The Hall–Kier alpha value is -3.56. The van der Waals surface area contributed by atoms with Gasteiger partial charge in [0.15, 0.2) is 0 Å². The Labute approximate surface area is 190 Å². The van der Waals surface area contributed by atoms with Crippen molar-refractivity contribution in [2.75, 3.05) is 7.05 Å². The molecule has 3 aromatic rings. The van der Waals surface area contributed by atoms with Gasteiger partial charge in [0, 0.05) is 42.9 Å². The van der Waals surface area contributed by atoms with Gasteiger partial charge in [-0.25, -0.2) is 13.9 Å². The molecule has 1 aliphatic carbocycles. The van der Waals surface area contributed by atoms with E-state index in [-0.39, 0.29) is 23.4 Å². The topological polar surface area (TPSA) is 106 Å². The number of hydrogen-bond acceptors (Lipinski definition) is 5. The fourth-order valence-electron chi connectivity index (χ4n) is 4.56. The fourth-order valence-corrected chi connectivity index (χ4v) is 4.56. The second kappa shape index (κ2) is 9.13. The number of carboxylic acid groups (broad SMARTS) is 1. The summed E-state index contributed by atoms with van der Waals surface area (Å²) in [6, 6.07) is 4.04. The summed E-state index contributed by atoms with van der Waals surface area (Å²) >= 11 is 0. The third kappa shape index (κ3) is 4.37. The molecule has 1 N–H and O–H groups in total. The van der Waals surface area contributed by atoms with Crippen LogP contribution in [0.15, 0.2) is 30.6 Å². The monoisotopic (exact) mass is 454 g/mol. The lowest BCUT2D eigenvalue weighted by Gasteiger charge is -2.21. The number of aryl methyl sites for hydroxylation is 1. The molecule has 1 amide bonds. The Bertz CT molecular complexity index is 1190. The number of halogens is 1. The molecule has 0 radical (unpaired) electrons.